The smallest absolute Gasteiger partial charge is 0.321 e. The highest BCUT2D eigenvalue weighted by atomic mass is 35.5. The van der Waals surface area contributed by atoms with Crippen LogP contribution in [0, 0.1) is 17.3 Å². The molecule has 0 amide bonds. The van der Waals surface area contributed by atoms with Crippen LogP contribution in [0.3, 0.4) is 0 Å². The van der Waals surface area contributed by atoms with Crippen LogP contribution in [-0.2, 0) is 23.8 Å². The maximum absolute atomic E-state index is 11.8. The maximum atomic E-state index is 11.8. The van der Waals surface area contributed by atoms with Crippen molar-refractivity contribution in [1.29, 1.82) is 0 Å². The van der Waals surface area contributed by atoms with Crippen molar-refractivity contribution in [2.45, 2.75) is 30.3 Å². The van der Waals surface area contributed by atoms with E-state index in [1.165, 1.54) is 0 Å². The van der Waals surface area contributed by atoms with E-state index in [0.717, 1.165) is 6.42 Å². The van der Waals surface area contributed by atoms with Crippen LogP contribution >= 0.6 is 11.6 Å². The van der Waals surface area contributed by atoms with Gasteiger partial charge in [0.05, 0.1) is 5.25 Å². The topological polar surface area (TPSA) is 69.7 Å². The van der Waals surface area contributed by atoms with Crippen molar-refractivity contribution in [2.24, 2.45) is 17.3 Å². The van der Waals surface area contributed by atoms with E-state index in [2.05, 4.69) is 0 Å². The summed E-state index contributed by atoms with van der Waals surface area (Å²) in [7, 11) is -3.44. The SMILES string of the molecule is O=C(CCl)OC1C2OS(=O)(=O)C3CC4CC41C23. The minimum absolute atomic E-state index is 0.0469. The summed E-state index contributed by atoms with van der Waals surface area (Å²) in [6.07, 6.45) is 0.776. The first-order chi connectivity index (χ1) is 8.00. The third-order valence-electron chi connectivity index (χ3n) is 4.90. The normalized spacial score (nSPS) is 55.7. The third kappa shape index (κ3) is 1.02. The van der Waals surface area contributed by atoms with Crippen molar-refractivity contribution in [3.63, 3.8) is 0 Å². The van der Waals surface area contributed by atoms with E-state index >= 15 is 0 Å². The second-order valence-electron chi connectivity index (χ2n) is 5.41. The summed E-state index contributed by atoms with van der Waals surface area (Å²) in [6, 6.07) is 0. The van der Waals surface area contributed by atoms with E-state index in [4.69, 9.17) is 20.5 Å². The Morgan fingerprint density at radius 1 is 1.53 bits per heavy atom. The zero-order chi connectivity index (χ0) is 12.0. The molecule has 4 rings (SSSR count). The van der Waals surface area contributed by atoms with E-state index in [0.29, 0.717) is 12.3 Å². The molecule has 5 nitrogen and oxygen atoms in total. The molecule has 1 spiro atoms. The highest BCUT2D eigenvalue weighted by Gasteiger charge is 2.86. The first-order valence-corrected chi connectivity index (χ1v) is 7.69. The summed E-state index contributed by atoms with van der Waals surface area (Å²) >= 11 is 5.40. The predicted octanol–water partition coefficient (Wildman–Crippen LogP) is 0.274. The molecule has 1 heterocycles. The Bertz CT molecular complexity index is 517. The standard InChI is InChI=1S/C10H11ClO5S/c11-3-6(12)15-9-8-7-5(17(13,14)16-8)1-4-2-10(4,7)9/h4-5,7-9H,1-3H2. The molecule has 4 fully saturated rings. The van der Waals surface area contributed by atoms with E-state index in [1.54, 1.807) is 0 Å². The quantitative estimate of drug-likeness (QED) is 0.412. The van der Waals surface area contributed by atoms with Crippen LogP contribution < -0.4 is 0 Å². The van der Waals surface area contributed by atoms with Gasteiger partial charge in [0.1, 0.15) is 18.1 Å². The lowest BCUT2D eigenvalue weighted by Crippen LogP contribution is -2.58. The molecule has 1 aliphatic heterocycles. The molecule has 0 aromatic heterocycles. The lowest BCUT2D eigenvalue weighted by Gasteiger charge is -2.45. The number of carbonyl (C=O) groups is 1. The number of rotatable bonds is 2. The van der Waals surface area contributed by atoms with Gasteiger partial charge >= 0.3 is 5.97 Å². The van der Waals surface area contributed by atoms with Gasteiger partial charge in [-0.1, -0.05) is 0 Å². The molecule has 0 aromatic carbocycles. The van der Waals surface area contributed by atoms with E-state index in [1.807, 2.05) is 0 Å². The minimum Gasteiger partial charge on any atom is -0.458 e. The Labute approximate surface area is 104 Å². The molecule has 3 saturated carbocycles. The summed E-state index contributed by atoms with van der Waals surface area (Å²) in [6.45, 7) is 0. The van der Waals surface area contributed by atoms with E-state index in [9.17, 15) is 13.2 Å². The Morgan fingerprint density at radius 2 is 2.29 bits per heavy atom. The molecule has 0 N–H and O–H groups in total. The number of hydrogen-bond donors (Lipinski definition) is 0. The minimum atomic E-state index is -3.44. The van der Waals surface area contributed by atoms with E-state index < -0.39 is 28.3 Å². The first kappa shape index (κ1) is 10.6. The maximum Gasteiger partial charge on any atom is 0.321 e. The summed E-state index contributed by atoms with van der Waals surface area (Å²) < 4.78 is 33.9. The van der Waals surface area contributed by atoms with Crippen LogP contribution in [-0.4, -0.2) is 37.7 Å². The molecule has 0 radical (unpaired) electrons. The Kier molecular flexibility index (Phi) is 1.75. The van der Waals surface area contributed by atoms with Crippen LogP contribution in [0.15, 0.2) is 0 Å². The molecule has 94 valence electrons. The van der Waals surface area contributed by atoms with Crippen molar-refractivity contribution < 1.29 is 22.1 Å². The molecule has 4 aliphatic rings. The largest absolute Gasteiger partial charge is 0.458 e. The molecule has 3 aliphatic carbocycles. The van der Waals surface area contributed by atoms with E-state index in [-0.39, 0.29) is 22.5 Å². The van der Waals surface area contributed by atoms with Crippen molar-refractivity contribution in [2.75, 3.05) is 5.88 Å². The molecule has 0 bridgehead atoms. The second-order valence-corrected chi connectivity index (χ2v) is 7.46. The fourth-order valence-electron chi connectivity index (χ4n) is 4.27. The van der Waals surface area contributed by atoms with Crippen molar-refractivity contribution in [3.8, 4) is 0 Å². The van der Waals surface area contributed by atoms with Gasteiger partial charge in [-0.05, 0) is 18.8 Å². The van der Waals surface area contributed by atoms with Gasteiger partial charge in [-0.25, -0.2) is 0 Å². The van der Waals surface area contributed by atoms with Crippen molar-refractivity contribution in [1.82, 2.24) is 0 Å². The average Bonchev–Trinajstić information content (AvgIpc) is 2.85. The van der Waals surface area contributed by atoms with Gasteiger partial charge in [-0.2, -0.15) is 8.42 Å². The molecule has 7 heteroatoms. The fourth-order valence-corrected chi connectivity index (χ4v) is 6.24. The third-order valence-corrected chi connectivity index (χ3v) is 6.84. The molecule has 17 heavy (non-hydrogen) atoms. The Hall–Kier alpha value is -0.330. The number of hydrogen-bond acceptors (Lipinski definition) is 5. The monoisotopic (exact) mass is 278 g/mol. The molecular weight excluding hydrogens is 268 g/mol. The van der Waals surface area contributed by atoms with Crippen molar-refractivity contribution >= 4 is 27.7 Å². The fraction of sp³-hybridized carbons (Fsp3) is 0.900. The van der Waals surface area contributed by atoms with Gasteiger partial charge < -0.3 is 4.74 Å². The lowest BCUT2D eigenvalue weighted by atomic mass is 9.65. The van der Waals surface area contributed by atoms with Crippen LogP contribution in [0.5, 0.6) is 0 Å². The average molecular weight is 279 g/mol. The van der Waals surface area contributed by atoms with Gasteiger partial charge in [0.2, 0.25) is 0 Å². The van der Waals surface area contributed by atoms with Crippen LogP contribution in [0.1, 0.15) is 12.8 Å². The summed E-state index contributed by atoms with van der Waals surface area (Å²) in [4.78, 5) is 11.2. The second kappa shape index (κ2) is 2.81. The number of carbonyl (C=O) groups excluding carboxylic acids is 1. The summed E-state index contributed by atoms with van der Waals surface area (Å²) in [5, 5.41) is -0.364. The molecular formula is C10H11ClO5S. The Morgan fingerprint density at radius 3 is 3.00 bits per heavy atom. The van der Waals surface area contributed by atoms with Crippen LogP contribution in [0.4, 0.5) is 0 Å². The van der Waals surface area contributed by atoms with Gasteiger partial charge in [-0.15, -0.1) is 11.6 Å². The van der Waals surface area contributed by atoms with Gasteiger partial charge in [0, 0.05) is 11.3 Å². The number of esters is 1. The molecule has 6 atom stereocenters. The summed E-state index contributed by atoms with van der Waals surface area (Å²) in [5.41, 5.74) is -0.0966. The molecule has 0 aromatic rings. The zero-order valence-electron chi connectivity index (χ0n) is 8.84. The predicted molar refractivity (Wildman–Crippen MR) is 56.8 cm³/mol. The molecule has 1 saturated heterocycles. The van der Waals surface area contributed by atoms with Gasteiger partial charge in [-0.3, -0.25) is 8.98 Å². The number of alkyl halides is 1. The first-order valence-electron chi connectivity index (χ1n) is 5.68. The van der Waals surface area contributed by atoms with Gasteiger partial charge in [0.15, 0.2) is 0 Å². The highest BCUT2D eigenvalue weighted by Crippen LogP contribution is 2.80. The summed E-state index contributed by atoms with van der Waals surface area (Å²) in [5.74, 6) is -0.261. The van der Waals surface area contributed by atoms with Crippen LogP contribution in [0.25, 0.3) is 0 Å². The lowest BCUT2D eigenvalue weighted by molar-refractivity contribution is -0.184. The van der Waals surface area contributed by atoms with Gasteiger partial charge in [0.25, 0.3) is 10.1 Å². The van der Waals surface area contributed by atoms with Crippen LogP contribution in [0.2, 0.25) is 0 Å². The number of ether oxygens (including phenoxy) is 1. The number of halogens is 1. The highest BCUT2D eigenvalue weighted by molar-refractivity contribution is 7.87. The Balaban J connectivity index is 1.67. The van der Waals surface area contributed by atoms with Crippen molar-refractivity contribution in [3.05, 3.63) is 0 Å². The molecule has 6 unspecified atom stereocenters. The zero-order valence-corrected chi connectivity index (χ0v) is 10.4.